The van der Waals surface area contributed by atoms with Crippen molar-refractivity contribution in [1.29, 1.82) is 0 Å². The largest absolute Gasteiger partial charge is 0.380 e. The summed E-state index contributed by atoms with van der Waals surface area (Å²) in [7, 11) is 1.78. The molecule has 0 bridgehead atoms. The van der Waals surface area contributed by atoms with Gasteiger partial charge in [-0.25, -0.2) is 0 Å². The molecule has 0 radical (unpaired) electrons. The summed E-state index contributed by atoms with van der Waals surface area (Å²) in [6, 6.07) is 7.85. The van der Waals surface area contributed by atoms with Crippen molar-refractivity contribution in [2.45, 2.75) is 32.8 Å². The van der Waals surface area contributed by atoms with Crippen LogP contribution in [0.1, 0.15) is 35.7 Å². The number of likely N-dealkylation sites (tertiary alicyclic amines) is 1. The Balaban J connectivity index is 1.84. The predicted octanol–water partition coefficient (Wildman–Crippen LogP) is 2.92. The number of hydrogen-bond donors (Lipinski definition) is 0. The number of rotatable bonds is 5. The minimum Gasteiger partial charge on any atom is -0.380 e. The Morgan fingerprint density at radius 2 is 2.25 bits per heavy atom. The van der Waals surface area contributed by atoms with E-state index < -0.39 is 0 Å². The first kappa shape index (κ1) is 15.2. The number of carbonyl (C=O) groups is 1. The van der Waals surface area contributed by atoms with Crippen LogP contribution in [-0.4, -0.2) is 43.5 Å². The molecular formula is C17H25NO2. The summed E-state index contributed by atoms with van der Waals surface area (Å²) in [6.07, 6.45) is 2.05. The molecule has 2 rings (SSSR count). The van der Waals surface area contributed by atoms with Crippen molar-refractivity contribution in [3.8, 4) is 0 Å². The maximum Gasteiger partial charge on any atom is 0.164 e. The number of ether oxygens (including phenoxy) is 1. The molecule has 1 aromatic carbocycles. The van der Waals surface area contributed by atoms with Crippen LogP contribution < -0.4 is 0 Å². The Hall–Kier alpha value is -1.19. The highest BCUT2D eigenvalue weighted by molar-refractivity contribution is 5.96. The zero-order chi connectivity index (χ0) is 14.5. The minimum atomic E-state index is 0.237. The van der Waals surface area contributed by atoms with E-state index in [1.54, 1.807) is 7.11 Å². The van der Waals surface area contributed by atoms with Crippen LogP contribution in [0.5, 0.6) is 0 Å². The van der Waals surface area contributed by atoms with Crippen molar-refractivity contribution < 1.29 is 9.53 Å². The molecule has 3 nitrogen and oxygen atoms in total. The molecule has 0 saturated carbocycles. The molecular weight excluding hydrogens is 250 g/mol. The first-order chi connectivity index (χ1) is 9.60. The van der Waals surface area contributed by atoms with E-state index in [0.717, 1.165) is 37.2 Å². The molecule has 0 aromatic heterocycles. The van der Waals surface area contributed by atoms with Crippen molar-refractivity contribution in [2.75, 3.05) is 26.7 Å². The van der Waals surface area contributed by atoms with E-state index in [1.807, 2.05) is 31.2 Å². The molecule has 3 heteroatoms. The maximum atomic E-state index is 12.2. The first-order valence-electron chi connectivity index (χ1n) is 7.45. The van der Waals surface area contributed by atoms with E-state index in [4.69, 9.17) is 4.74 Å². The van der Waals surface area contributed by atoms with Gasteiger partial charge in [0.1, 0.15) is 0 Å². The van der Waals surface area contributed by atoms with E-state index in [2.05, 4.69) is 11.8 Å². The highest BCUT2D eigenvalue weighted by Gasteiger charge is 2.25. The lowest BCUT2D eigenvalue weighted by atomic mass is 9.95. The van der Waals surface area contributed by atoms with Crippen molar-refractivity contribution >= 4 is 5.78 Å². The molecule has 0 aliphatic carbocycles. The van der Waals surface area contributed by atoms with Gasteiger partial charge in [-0.3, -0.25) is 4.79 Å². The lowest BCUT2D eigenvalue weighted by Gasteiger charge is -2.36. The van der Waals surface area contributed by atoms with Gasteiger partial charge in [0, 0.05) is 32.2 Å². The predicted molar refractivity (Wildman–Crippen MR) is 81.1 cm³/mol. The quantitative estimate of drug-likeness (QED) is 0.774. The Morgan fingerprint density at radius 3 is 2.95 bits per heavy atom. The molecule has 1 aromatic rings. The average molecular weight is 275 g/mol. The van der Waals surface area contributed by atoms with Gasteiger partial charge >= 0.3 is 0 Å². The summed E-state index contributed by atoms with van der Waals surface area (Å²) in [5, 5.41) is 0. The fourth-order valence-electron chi connectivity index (χ4n) is 2.83. The number of benzene rings is 1. The van der Waals surface area contributed by atoms with Gasteiger partial charge in [0.05, 0.1) is 6.10 Å². The summed E-state index contributed by atoms with van der Waals surface area (Å²) < 4.78 is 5.51. The van der Waals surface area contributed by atoms with Crippen LogP contribution in [0.4, 0.5) is 0 Å². The summed E-state index contributed by atoms with van der Waals surface area (Å²) in [5.41, 5.74) is 1.97. The Labute approximate surface area is 121 Å². The van der Waals surface area contributed by atoms with E-state index >= 15 is 0 Å². The number of methoxy groups -OCH3 is 1. The first-order valence-corrected chi connectivity index (χ1v) is 7.45. The van der Waals surface area contributed by atoms with Crippen LogP contribution in [-0.2, 0) is 4.74 Å². The Kier molecular flexibility index (Phi) is 5.32. The van der Waals surface area contributed by atoms with Crippen LogP contribution >= 0.6 is 0 Å². The van der Waals surface area contributed by atoms with Crippen LogP contribution in [0.25, 0.3) is 0 Å². The van der Waals surface area contributed by atoms with Gasteiger partial charge in [-0.05, 0) is 31.9 Å². The molecule has 2 atom stereocenters. The third-order valence-corrected chi connectivity index (χ3v) is 4.27. The molecule has 0 amide bonds. The lowest BCUT2D eigenvalue weighted by molar-refractivity contribution is -0.00479. The van der Waals surface area contributed by atoms with Crippen molar-refractivity contribution in [2.24, 2.45) is 5.92 Å². The second kappa shape index (κ2) is 7.00. The second-order valence-corrected chi connectivity index (χ2v) is 5.88. The van der Waals surface area contributed by atoms with Gasteiger partial charge in [0.2, 0.25) is 0 Å². The maximum absolute atomic E-state index is 12.2. The summed E-state index contributed by atoms with van der Waals surface area (Å²) >= 11 is 0. The molecule has 0 spiro atoms. The third kappa shape index (κ3) is 3.90. The molecule has 20 heavy (non-hydrogen) atoms. The molecule has 1 aliphatic heterocycles. The van der Waals surface area contributed by atoms with Gasteiger partial charge in [-0.1, -0.05) is 30.7 Å². The second-order valence-electron chi connectivity index (χ2n) is 5.88. The number of piperidine rings is 1. The number of ketones is 1. The molecule has 1 saturated heterocycles. The van der Waals surface area contributed by atoms with E-state index in [1.165, 1.54) is 0 Å². The van der Waals surface area contributed by atoms with Gasteiger partial charge < -0.3 is 9.64 Å². The molecule has 1 aliphatic rings. The fraction of sp³-hybridized carbons (Fsp3) is 0.588. The number of aryl methyl sites for hydroxylation is 1. The smallest absolute Gasteiger partial charge is 0.164 e. The zero-order valence-corrected chi connectivity index (χ0v) is 12.8. The van der Waals surface area contributed by atoms with Crippen molar-refractivity contribution in [3.63, 3.8) is 0 Å². The van der Waals surface area contributed by atoms with Crippen LogP contribution in [0.3, 0.4) is 0 Å². The number of carbonyl (C=O) groups excluding carboxylic acids is 1. The SMILES string of the molecule is COC1CN(CCC(=O)c2cccc(C)c2)CCC1C. The zero-order valence-electron chi connectivity index (χ0n) is 12.8. The van der Waals surface area contributed by atoms with Crippen LogP contribution in [0.15, 0.2) is 24.3 Å². The van der Waals surface area contributed by atoms with Crippen molar-refractivity contribution in [3.05, 3.63) is 35.4 Å². The Morgan fingerprint density at radius 1 is 1.45 bits per heavy atom. The fourth-order valence-corrected chi connectivity index (χ4v) is 2.83. The van der Waals surface area contributed by atoms with Gasteiger partial charge in [-0.15, -0.1) is 0 Å². The van der Waals surface area contributed by atoms with Crippen LogP contribution in [0.2, 0.25) is 0 Å². The molecule has 1 fully saturated rings. The Bertz CT molecular complexity index is 458. The van der Waals surface area contributed by atoms with Crippen molar-refractivity contribution in [1.82, 2.24) is 4.90 Å². The van der Waals surface area contributed by atoms with E-state index in [0.29, 0.717) is 18.4 Å². The van der Waals surface area contributed by atoms with Gasteiger partial charge in [-0.2, -0.15) is 0 Å². The van der Waals surface area contributed by atoms with Gasteiger partial charge in [0.15, 0.2) is 5.78 Å². The molecule has 1 heterocycles. The summed E-state index contributed by atoms with van der Waals surface area (Å²) in [6.45, 7) is 7.11. The summed E-state index contributed by atoms with van der Waals surface area (Å²) in [4.78, 5) is 14.5. The number of Topliss-reactive ketones (excluding diaryl/α,β-unsaturated/α-hetero) is 1. The summed E-state index contributed by atoms with van der Waals surface area (Å²) in [5.74, 6) is 0.852. The highest BCUT2D eigenvalue weighted by atomic mass is 16.5. The topological polar surface area (TPSA) is 29.5 Å². The molecule has 2 unspecified atom stereocenters. The lowest BCUT2D eigenvalue weighted by Crippen LogP contribution is -2.44. The van der Waals surface area contributed by atoms with E-state index in [9.17, 15) is 4.79 Å². The number of hydrogen-bond acceptors (Lipinski definition) is 3. The molecule has 0 N–H and O–H groups in total. The van der Waals surface area contributed by atoms with E-state index in [-0.39, 0.29) is 5.78 Å². The normalized spacial score (nSPS) is 23.8. The minimum absolute atomic E-state index is 0.237. The average Bonchev–Trinajstić information content (AvgIpc) is 2.46. The van der Waals surface area contributed by atoms with Gasteiger partial charge in [0.25, 0.3) is 0 Å². The third-order valence-electron chi connectivity index (χ3n) is 4.27. The molecule has 110 valence electrons. The number of nitrogens with zero attached hydrogens (tertiary/aromatic N) is 1. The standard InChI is InChI=1S/C17H25NO2/c1-13-5-4-6-15(11-13)16(19)8-10-18-9-7-14(2)17(12-18)20-3/h4-6,11,14,17H,7-10,12H2,1-3H3. The van der Waals surface area contributed by atoms with Crippen LogP contribution in [0, 0.1) is 12.8 Å². The highest BCUT2D eigenvalue weighted by Crippen LogP contribution is 2.19. The monoisotopic (exact) mass is 275 g/mol.